The lowest BCUT2D eigenvalue weighted by Crippen LogP contribution is -2.69. The molecule has 680 valence electrons. The van der Waals surface area contributed by atoms with Crippen molar-refractivity contribution in [3.8, 4) is 0 Å². The Labute approximate surface area is 728 Å². The lowest BCUT2D eigenvalue weighted by Gasteiger charge is -2.64. The number of rotatable bonds is 63. The van der Waals surface area contributed by atoms with Gasteiger partial charge in [0.1, 0.15) is 37.5 Å². The zero-order valence-electron chi connectivity index (χ0n) is 71.6. The number of fused-ring (bicyclic) bond motifs is 5. The minimum atomic E-state index is -1.74. The SMILES string of the molecule is CCC(=O)OC1(C(=O)COCNC(=O)[C@H](C)NC(=O)[C@H](C)NC(=O)[C@H](C)NC(=O)[C@H](CCCCNC(=O)CCOCCOCCOCCOCCOCCOCCOCCOCCOCCOCCOCCOC)NC(=O)CCN2C(=O)C(Sc3ccccc3)=C(Sc3ccccc3)C2=O)[C@@H](C)C[C@H]2[C@@H]3CCC4=CC(=O)C=C[C@]4(C)[C@@]3(Cl)[C@@H](O)C[C@@]21C. The first-order valence-corrected chi connectivity index (χ1v) is 44.1. The standard InChI is InChI=1S/C86H126ClN7O26S2/c1-9-74(100)120-86(59(2)54-68-67-24-23-63-55-64(95)25-28-83(63,6)85(67,87)70(96)56-84(68,86)7)71(97)57-119-58-89-77(101)60(3)90-78(102)61(4)91-79(103)62(5)92-80(104)69(93-73(99)26-30-94-81(105)75(121-65-18-12-10-13-19-65)76(82(94)106)122-66-20-14-11-15-21-66)22-16-17-29-88-72(98)27-31-108-34-35-110-38-39-112-42-43-114-46-47-116-50-51-118-53-52-117-49-48-115-45-44-113-41-40-111-37-36-109-33-32-107-8/h10-15,18-21,25,28,55,59-62,67-70,96H,9,16-17,22-24,26-27,29-54,56-58H2,1-8H3,(H,88,98)(H,89,101)(H,90,102)(H,91,103)(H,92,104)(H,93,99)/t59-,60-,61-,62-,67-,68-,69-,70-,83-,84-,85-,86?/m0/s1. The molecule has 0 radical (unpaired) electrons. The second kappa shape index (κ2) is 54.0. The number of Topliss-reactive ketones (excluding diaryl/α,β-unsaturated/α-hetero) is 1. The van der Waals surface area contributed by atoms with Crippen molar-refractivity contribution in [2.24, 2.45) is 28.6 Å². The predicted molar refractivity (Wildman–Crippen MR) is 451 cm³/mol. The van der Waals surface area contributed by atoms with Crippen LogP contribution in [0, 0.1) is 28.6 Å². The molecule has 2 aromatic rings. The molecule has 0 aromatic heterocycles. The first-order valence-electron chi connectivity index (χ1n) is 42.0. The van der Waals surface area contributed by atoms with Crippen molar-refractivity contribution >= 4 is 99.9 Å². The van der Waals surface area contributed by atoms with Crippen molar-refractivity contribution in [2.45, 2.75) is 163 Å². The number of benzene rings is 2. The highest BCUT2D eigenvalue weighted by Crippen LogP contribution is 2.72. The zero-order valence-corrected chi connectivity index (χ0v) is 74.0. The molecular formula is C86H126ClN7O26S2. The maximum Gasteiger partial charge on any atom is 0.306 e. The van der Waals surface area contributed by atoms with Crippen LogP contribution >= 0.6 is 35.1 Å². The lowest BCUT2D eigenvalue weighted by atomic mass is 9.45. The Morgan fingerprint density at radius 2 is 1.01 bits per heavy atom. The highest BCUT2D eigenvalue weighted by molar-refractivity contribution is 8.08. The van der Waals surface area contributed by atoms with E-state index in [1.165, 1.54) is 26.8 Å². The normalized spacial score (nSPS) is 22.6. The van der Waals surface area contributed by atoms with E-state index >= 15 is 0 Å². The number of esters is 1. The number of amides is 8. The number of allylic oxidation sites excluding steroid dienone is 4. The van der Waals surface area contributed by atoms with Crippen LogP contribution in [0.5, 0.6) is 0 Å². The number of ketones is 2. The van der Waals surface area contributed by atoms with Gasteiger partial charge in [-0.3, -0.25) is 57.6 Å². The minimum absolute atomic E-state index is 0.00159. The Morgan fingerprint density at radius 1 is 0.557 bits per heavy atom. The van der Waals surface area contributed by atoms with E-state index < -0.39 is 130 Å². The molecule has 4 aliphatic carbocycles. The van der Waals surface area contributed by atoms with Gasteiger partial charge in [-0.15, -0.1) is 11.6 Å². The predicted octanol–water partition coefficient (Wildman–Crippen LogP) is 5.28. The van der Waals surface area contributed by atoms with Crippen LogP contribution in [-0.2, 0) is 119 Å². The quantitative estimate of drug-likeness (QED) is 0.0145. The van der Waals surface area contributed by atoms with Crippen LogP contribution in [0.15, 0.2) is 104 Å². The van der Waals surface area contributed by atoms with Gasteiger partial charge in [-0.1, -0.05) is 99.3 Å². The molecular weight excluding hydrogens is 1650 g/mol. The number of aliphatic hydroxyl groups excluding tert-OH is 1. The third kappa shape index (κ3) is 30.6. The summed E-state index contributed by atoms with van der Waals surface area (Å²) in [6.45, 7) is 19.8. The summed E-state index contributed by atoms with van der Waals surface area (Å²) in [6, 6.07) is 13.1. The molecule has 0 saturated heterocycles. The number of hydrogen-bond acceptors (Lipinski definition) is 28. The fraction of sp³-hybridized carbons (Fsp3) is 0.663. The Kier molecular flexibility index (Phi) is 45.1. The van der Waals surface area contributed by atoms with E-state index in [1.807, 2.05) is 81.4 Å². The molecule has 0 spiro atoms. The molecule has 3 fully saturated rings. The number of carbonyl (C=O) groups excluding carboxylic acids is 11. The van der Waals surface area contributed by atoms with Crippen LogP contribution in [0.25, 0.3) is 0 Å². The third-order valence-electron chi connectivity index (χ3n) is 22.1. The fourth-order valence-electron chi connectivity index (χ4n) is 15.6. The summed E-state index contributed by atoms with van der Waals surface area (Å²) in [6.07, 6.45) is 5.50. The highest BCUT2D eigenvalue weighted by Gasteiger charge is 2.76. The maximum atomic E-state index is 14.8. The van der Waals surface area contributed by atoms with Crippen molar-refractivity contribution < 1.29 is 124 Å². The number of carbonyl (C=O) groups is 11. The number of unbranched alkanes of at least 4 members (excludes halogenated alkanes) is 1. The van der Waals surface area contributed by atoms with Crippen molar-refractivity contribution in [1.29, 1.82) is 0 Å². The number of hydrogen-bond donors (Lipinski definition) is 7. The molecule has 8 amide bonds. The van der Waals surface area contributed by atoms with Crippen LogP contribution in [0.3, 0.4) is 0 Å². The molecule has 122 heavy (non-hydrogen) atoms. The van der Waals surface area contributed by atoms with E-state index in [1.54, 1.807) is 26.2 Å². The molecule has 33 nitrogen and oxygen atoms in total. The van der Waals surface area contributed by atoms with Crippen LogP contribution in [0.1, 0.15) is 113 Å². The van der Waals surface area contributed by atoms with Gasteiger partial charge in [0.25, 0.3) is 11.8 Å². The van der Waals surface area contributed by atoms with Crippen LogP contribution in [-0.4, -0.2) is 301 Å². The van der Waals surface area contributed by atoms with Crippen LogP contribution in [0.2, 0.25) is 0 Å². The summed E-state index contributed by atoms with van der Waals surface area (Å²) < 4.78 is 77.5. The largest absolute Gasteiger partial charge is 0.450 e. The van der Waals surface area contributed by atoms with Gasteiger partial charge in [0.05, 0.1) is 173 Å². The first-order chi connectivity index (χ1) is 58.8. The van der Waals surface area contributed by atoms with Gasteiger partial charge in [-0.2, -0.15) is 0 Å². The van der Waals surface area contributed by atoms with Gasteiger partial charge in [-0.05, 0) is 114 Å². The number of alkyl halides is 1. The van der Waals surface area contributed by atoms with Crippen molar-refractivity contribution in [3.05, 3.63) is 94.3 Å². The fourth-order valence-corrected chi connectivity index (χ4v) is 18.2. The zero-order chi connectivity index (χ0) is 88.3. The summed E-state index contributed by atoms with van der Waals surface area (Å²) >= 11 is 9.94. The number of thioether (sulfide) groups is 2. The molecule has 36 heteroatoms. The Morgan fingerprint density at radius 3 is 1.48 bits per heavy atom. The van der Waals surface area contributed by atoms with E-state index in [9.17, 15) is 57.8 Å². The van der Waals surface area contributed by atoms with E-state index in [-0.39, 0.29) is 91.9 Å². The Balaban J connectivity index is 0.779. The molecule has 7 rings (SSSR count). The molecule has 12 atom stereocenters. The number of halogens is 1. The second-order valence-electron chi connectivity index (χ2n) is 30.6. The molecule has 2 aromatic carbocycles. The second-order valence-corrected chi connectivity index (χ2v) is 33.4. The van der Waals surface area contributed by atoms with Crippen molar-refractivity contribution in [3.63, 3.8) is 0 Å². The number of ether oxygens (including phenoxy) is 14. The lowest BCUT2D eigenvalue weighted by molar-refractivity contribution is -0.203. The van der Waals surface area contributed by atoms with Gasteiger partial charge >= 0.3 is 5.97 Å². The van der Waals surface area contributed by atoms with Gasteiger partial charge < -0.3 is 103 Å². The molecule has 0 bridgehead atoms. The topological polar surface area (TPSA) is 413 Å². The van der Waals surface area contributed by atoms with E-state index in [0.29, 0.717) is 164 Å². The number of imide groups is 1. The van der Waals surface area contributed by atoms with Crippen LogP contribution in [0.4, 0.5) is 0 Å². The van der Waals surface area contributed by atoms with E-state index in [0.717, 1.165) is 43.8 Å². The van der Waals surface area contributed by atoms with Gasteiger partial charge in [-0.25, -0.2) is 0 Å². The third-order valence-corrected chi connectivity index (χ3v) is 25.3. The smallest absolute Gasteiger partial charge is 0.306 e. The molecule has 1 aliphatic heterocycles. The highest BCUT2D eigenvalue weighted by atomic mass is 35.5. The number of nitrogens with zero attached hydrogens (tertiary/aromatic N) is 1. The van der Waals surface area contributed by atoms with Gasteiger partial charge in [0, 0.05) is 66.0 Å². The Hall–Kier alpha value is -7.14. The minimum Gasteiger partial charge on any atom is -0.450 e. The molecule has 7 N–H and O–H groups in total. The van der Waals surface area contributed by atoms with Crippen LogP contribution < -0.4 is 31.9 Å². The summed E-state index contributed by atoms with van der Waals surface area (Å²) in [5.41, 5.74) is -2.87. The van der Waals surface area contributed by atoms with Crippen molar-refractivity contribution in [2.75, 3.05) is 185 Å². The summed E-state index contributed by atoms with van der Waals surface area (Å²) in [5, 5.41) is 28.0. The maximum absolute atomic E-state index is 14.8. The van der Waals surface area contributed by atoms with E-state index in [4.69, 9.17) is 77.9 Å². The number of aliphatic hydroxyl groups is 1. The van der Waals surface area contributed by atoms with Gasteiger partial charge in [0.2, 0.25) is 41.2 Å². The van der Waals surface area contributed by atoms with Crippen molar-refractivity contribution in [1.82, 2.24) is 36.8 Å². The molecule has 1 heterocycles. The van der Waals surface area contributed by atoms with E-state index in [2.05, 4.69) is 31.9 Å². The number of methoxy groups -OCH3 is 1. The summed E-state index contributed by atoms with van der Waals surface area (Å²) in [4.78, 5) is 152. The van der Waals surface area contributed by atoms with Gasteiger partial charge in [0.15, 0.2) is 11.4 Å². The monoisotopic (exact) mass is 1770 g/mol. The molecule has 5 aliphatic rings. The molecule has 1 unspecified atom stereocenters. The summed E-state index contributed by atoms with van der Waals surface area (Å²) in [5.74, 6) is -7.72. The first kappa shape index (κ1) is 102. The average molecular weight is 1770 g/mol. The average Bonchev–Trinajstić information content (AvgIpc) is 1.44. The Bertz CT molecular complexity index is 3710. The summed E-state index contributed by atoms with van der Waals surface area (Å²) in [7, 11) is 1.63. The number of nitrogens with one attached hydrogen (secondary N) is 6. The molecule has 3 saturated carbocycles.